The maximum Gasteiger partial charge on any atom is 0.138 e. The van der Waals surface area contributed by atoms with Crippen LogP contribution < -0.4 is 10.1 Å². The van der Waals surface area contributed by atoms with E-state index < -0.39 is 0 Å². The van der Waals surface area contributed by atoms with Crippen LogP contribution in [0.5, 0.6) is 5.75 Å². The summed E-state index contributed by atoms with van der Waals surface area (Å²) in [5.74, 6) is 1.78. The number of H-pyrrole nitrogens is 1. The summed E-state index contributed by atoms with van der Waals surface area (Å²) in [7, 11) is 0. The number of nitrogens with zero attached hydrogens (tertiary/aromatic N) is 2. The number of hydrogen-bond acceptors (Lipinski definition) is 4. The van der Waals surface area contributed by atoms with E-state index in [1.165, 1.54) is 11.9 Å². The van der Waals surface area contributed by atoms with Crippen molar-refractivity contribution in [1.82, 2.24) is 20.5 Å². The van der Waals surface area contributed by atoms with Crippen molar-refractivity contribution in [2.75, 3.05) is 0 Å². The van der Waals surface area contributed by atoms with Gasteiger partial charge in [-0.2, -0.15) is 5.10 Å². The predicted octanol–water partition coefficient (Wildman–Crippen LogP) is 1.81. The second kappa shape index (κ2) is 4.10. The van der Waals surface area contributed by atoms with Crippen LogP contribution in [-0.2, 0) is 6.54 Å². The van der Waals surface area contributed by atoms with Crippen LogP contribution in [0.2, 0.25) is 0 Å². The van der Waals surface area contributed by atoms with Gasteiger partial charge in [0.05, 0.1) is 12.6 Å². The highest BCUT2D eigenvalue weighted by Crippen LogP contribution is 2.42. The number of ether oxygens (including phenoxy) is 1. The van der Waals surface area contributed by atoms with Crippen LogP contribution in [-0.4, -0.2) is 20.8 Å². The summed E-state index contributed by atoms with van der Waals surface area (Å²) in [6.45, 7) is 4.82. The van der Waals surface area contributed by atoms with E-state index in [1.807, 2.05) is 18.2 Å². The number of rotatable bonds is 3. The molecule has 2 aromatic rings. The lowest BCUT2D eigenvalue weighted by Crippen LogP contribution is -2.39. The number of aromatic nitrogens is 3. The van der Waals surface area contributed by atoms with Crippen LogP contribution in [0.1, 0.15) is 31.3 Å². The largest absolute Gasteiger partial charge is 0.486 e. The fraction of sp³-hybridized carbons (Fsp3) is 0.385. The second-order valence-corrected chi connectivity index (χ2v) is 4.99. The van der Waals surface area contributed by atoms with Gasteiger partial charge < -0.3 is 4.74 Å². The molecule has 1 aromatic carbocycles. The smallest absolute Gasteiger partial charge is 0.138 e. The average molecular weight is 244 g/mol. The van der Waals surface area contributed by atoms with Gasteiger partial charge in [-0.3, -0.25) is 10.4 Å². The number of benzene rings is 1. The lowest BCUT2D eigenvalue weighted by Gasteiger charge is -2.27. The molecule has 18 heavy (non-hydrogen) atoms. The molecule has 0 saturated heterocycles. The first-order chi connectivity index (χ1) is 8.67. The molecule has 94 valence electrons. The van der Waals surface area contributed by atoms with E-state index in [-0.39, 0.29) is 11.6 Å². The first-order valence-electron chi connectivity index (χ1n) is 6.02. The van der Waals surface area contributed by atoms with Crippen molar-refractivity contribution >= 4 is 0 Å². The van der Waals surface area contributed by atoms with E-state index in [4.69, 9.17) is 4.74 Å². The molecule has 1 aliphatic rings. The average Bonchev–Trinajstić information content (AvgIpc) is 2.91. The Hall–Kier alpha value is -1.88. The highest BCUT2D eigenvalue weighted by atomic mass is 16.5. The van der Waals surface area contributed by atoms with Crippen molar-refractivity contribution < 1.29 is 4.74 Å². The van der Waals surface area contributed by atoms with Gasteiger partial charge in [-0.25, -0.2) is 4.98 Å². The predicted molar refractivity (Wildman–Crippen MR) is 67.1 cm³/mol. The Bertz CT molecular complexity index is 536. The van der Waals surface area contributed by atoms with Crippen LogP contribution in [0.4, 0.5) is 0 Å². The van der Waals surface area contributed by atoms with Gasteiger partial charge in [-0.1, -0.05) is 18.2 Å². The van der Waals surface area contributed by atoms with Crippen molar-refractivity contribution in [2.24, 2.45) is 0 Å². The molecule has 1 atom stereocenters. The second-order valence-electron chi connectivity index (χ2n) is 4.99. The monoisotopic (exact) mass is 244 g/mol. The van der Waals surface area contributed by atoms with Crippen molar-refractivity contribution in [1.29, 1.82) is 0 Å². The Labute approximate surface area is 106 Å². The van der Waals surface area contributed by atoms with Gasteiger partial charge >= 0.3 is 0 Å². The van der Waals surface area contributed by atoms with Gasteiger partial charge in [-0.05, 0) is 19.9 Å². The van der Waals surface area contributed by atoms with E-state index in [0.29, 0.717) is 6.54 Å². The number of para-hydroxylation sites is 1. The zero-order chi connectivity index (χ0) is 12.6. The number of fused-ring (bicyclic) bond motifs is 1. The fourth-order valence-corrected chi connectivity index (χ4v) is 2.40. The van der Waals surface area contributed by atoms with Gasteiger partial charge in [-0.15, -0.1) is 0 Å². The topological polar surface area (TPSA) is 62.8 Å². The first kappa shape index (κ1) is 11.2. The first-order valence-corrected chi connectivity index (χ1v) is 6.02. The molecule has 3 rings (SSSR count). The third-order valence-corrected chi connectivity index (χ3v) is 3.24. The number of hydrogen-bond donors (Lipinski definition) is 2. The van der Waals surface area contributed by atoms with Crippen LogP contribution in [0.25, 0.3) is 0 Å². The van der Waals surface area contributed by atoms with Crippen molar-refractivity contribution in [2.45, 2.75) is 32.0 Å². The Morgan fingerprint density at radius 1 is 1.39 bits per heavy atom. The molecular weight excluding hydrogens is 228 g/mol. The Morgan fingerprint density at radius 3 is 3.00 bits per heavy atom. The molecule has 0 aliphatic carbocycles. The molecule has 1 aliphatic heterocycles. The summed E-state index contributed by atoms with van der Waals surface area (Å²) in [4.78, 5) is 4.11. The zero-order valence-corrected chi connectivity index (χ0v) is 10.5. The van der Waals surface area contributed by atoms with Crippen molar-refractivity contribution in [3.63, 3.8) is 0 Å². The Balaban J connectivity index is 1.81. The van der Waals surface area contributed by atoms with Crippen LogP contribution >= 0.6 is 0 Å². The summed E-state index contributed by atoms with van der Waals surface area (Å²) in [5, 5.41) is 10.2. The summed E-state index contributed by atoms with van der Waals surface area (Å²) in [6.07, 6.45) is 1.52. The molecule has 1 unspecified atom stereocenters. The van der Waals surface area contributed by atoms with E-state index in [2.05, 4.69) is 40.4 Å². The molecule has 0 spiro atoms. The van der Waals surface area contributed by atoms with Crippen LogP contribution in [0, 0.1) is 0 Å². The molecule has 5 heteroatoms. The molecular formula is C13H16N4O. The van der Waals surface area contributed by atoms with Gasteiger partial charge in [0.2, 0.25) is 0 Å². The highest BCUT2D eigenvalue weighted by molar-refractivity contribution is 5.42. The minimum atomic E-state index is -0.260. The molecule has 2 heterocycles. The van der Waals surface area contributed by atoms with Crippen LogP contribution in [0.3, 0.4) is 0 Å². The SMILES string of the molecule is CC1(C)Oc2ccccc2C1NCc1ncn[nH]1. The molecule has 0 amide bonds. The maximum atomic E-state index is 5.97. The fourth-order valence-electron chi connectivity index (χ4n) is 2.40. The summed E-state index contributed by atoms with van der Waals surface area (Å²) in [5.41, 5.74) is 0.936. The summed E-state index contributed by atoms with van der Waals surface area (Å²) in [6, 6.07) is 8.29. The van der Waals surface area contributed by atoms with Crippen molar-refractivity contribution in [3.05, 3.63) is 42.0 Å². The Morgan fingerprint density at radius 2 is 2.22 bits per heavy atom. The molecule has 0 saturated carbocycles. The molecule has 0 fully saturated rings. The lowest BCUT2D eigenvalue weighted by molar-refractivity contribution is 0.0955. The van der Waals surface area contributed by atoms with Gasteiger partial charge in [0.15, 0.2) is 0 Å². The number of aromatic amines is 1. The van der Waals surface area contributed by atoms with E-state index in [1.54, 1.807) is 0 Å². The molecule has 5 nitrogen and oxygen atoms in total. The molecule has 1 aromatic heterocycles. The van der Waals surface area contributed by atoms with E-state index in [0.717, 1.165) is 11.6 Å². The standard InChI is InChI=1S/C13H16N4O/c1-13(2)12(14-7-11-15-8-16-17-11)9-5-3-4-6-10(9)18-13/h3-6,8,12,14H,7H2,1-2H3,(H,15,16,17). The third-order valence-electron chi connectivity index (χ3n) is 3.24. The summed E-state index contributed by atoms with van der Waals surface area (Å²) < 4.78 is 5.97. The molecule has 0 radical (unpaired) electrons. The summed E-state index contributed by atoms with van der Waals surface area (Å²) >= 11 is 0. The Kier molecular flexibility index (Phi) is 2.56. The minimum Gasteiger partial charge on any atom is -0.486 e. The van der Waals surface area contributed by atoms with Crippen molar-refractivity contribution in [3.8, 4) is 5.75 Å². The minimum absolute atomic E-state index is 0.152. The maximum absolute atomic E-state index is 5.97. The van der Waals surface area contributed by atoms with E-state index in [9.17, 15) is 0 Å². The van der Waals surface area contributed by atoms with Gasteiger partial charge in [0.25, 0.3) is 0 Å². The third kappa shape index (κ3) is 1.86. The quantitative estimate of drug-likeness (QED) is 0.864. The number of nitrogens with one attached hydrogen (secondary N) is 2. The lowest BCUT2D eigenvalue weighted by atomic mass is 9.94. The normalized spacial score (nSPS) is 20.4. The van der Waals surface area contributed by atoms with E-state index >= 15 is 0 Å². The van der Waals surface area contributed by atoms with Gasteiger partial charge in [0, 0.05) is 5.56 Å². The molecule has 0 bridgehead atoms. The zero-order valence-electron chi connectivity index (χ0n) is 10.5. The molecule has 2 N–H and O–H groups in total. The van der Waals surface area contributed by atoms with Crippen LogP contribution in [0.15, 0.2) is 30.6 Å². The highest BCUT2D eigenvalue weighted by Gasteiger charge is 2.40. The van der Waals surface area contributed by atoms with Gasteiger partial charge in [0.1, 0.15) is 23.5 Å².